The van der Waals surface area contributed by atoms with E-state index >= 15 is 0 Å². The van der Waals surface area contributed by atoms with Gasteiger partial charge in [0, 0.05) is 32.8 Å². The molecule has 0 amide bonds. The molecule has 3 nitrogen and oxygen atoms in total. The number of ether oxygens (including phenoxy) is 1. The standard InChI is InChI=1S/C16H28N2O/c1-5-14-7-9-15(10-8-14)16(17-2)13-18(3)11-6-12-19-4/h7-10,16-17H,5-6,11-13H2,1-4H3. The quantitative estimate of drug-likeness (QED) is 0.694. The van der Waals surface area contributed by atoms with Crippen molar-refractivity contribution in [3.63, 3.8) is 0 Å². The predicted octanol–water partition coefficient (Wildman–Crippen LogP) is 2.48. The molecule has 3 heteroatoms. The van der Waals surface area contributed by atoms with E-state index in [-0.39, 0.29) is 0 Å². The lowest BCUT2D eigenvalue weighted by Gasteiger charge is -2.24. The van der Waals surface area contributed by atoms with Crippen LogP contribution in [-0.4, -0.2) is 45.8 Å². The van der Waals surface area contributed by atoms with Gasteiger partial charge >= 0.3 is 0 Å². The third-order valence-corrected chi connectivity index (χ3v) is 3.52. The molecular formula is C16H28N2O. The topological polar surface area (TPSA) is 24.5 Å². The highest BCUT2D eigenvalue weighted by Gasteiger charge is 2.11. The molecular weight excluding hydrogens is 236 g/mol. The molecule has 0 aliphatic carbocycles. The van der Waals surface area contributed by atoms with Gasteiger partial charge in [-0.2, -0.15) is 0 Å². The Labute approximate surface area is 118 Å². The Morgan fingerprint density at radius 2 is 1.95 bits per heavy atom. The first-order chi connectivity index (χ1) is 9.21. The van der Waals surface area contributed by atoms with E-state index in [1.807, 2.05) is 7.05 Å². The molecule has 1 unspecified atom stereocenters. The minimum absolute atomic E-state index is 0.387. The van der Waals surface area contributed by atoms with E-state index in [9.17, 15) is 0 Å². The highest BCUT2D eigenvalue weighted by atomic mass is 16.5. The van der Waals surface area contributed by atoms with Gasteiger partial charge in [-0.15, -0.1) is 0 Å². The van der Waals surface area contributed by atoms with Crippen molar-refractivity contribution in [1.82, 2.24) is 10.2 Å². The molecule has 0 heterocycles. The Bertz CT molecular complexity index is 337. The van der Waals surface area contributed by atoms with E-state index in [0.717, 1.165) is 32.5 Å². The van der Waals surface area contributed by atoms with Crippen molar-refractivity contribution in [2.24, 2.45) is 0 Å². The number of rotatable bonds is 9. The van der Waals surface area contributed by atoms with Crippen molar-refractivity contribution in [2.45, 2.75) is 25.8 Å². The largest absolute Gasteiger partial charge is 0.385 e. The van der Waals surface area contributed by atoms with Crippen LogP contribution in [0.25, 0.3) is 0 Å². The second-order valence-corrected chi connectivity index (χ2v) is 5.04. The first kappa shape index (κ1) is 16.2. The van der Waals surface area contributed by atoms with Crippen LogP contribution < -0.4 is 5.32 Å². The molecule has 0 aromatic heterocycles. The summed E-state index contributed by atoms with van der Waals surface area (Å²) in [4.78, 5) is 2.36. The Balaban J connectivity index is 2.51. The lowest BCUT2D eigenvalue weighted by atomic mass is 10.0. The minimum Gasteiger partial charge on any atom is -0.385 e. The summed E-state index contributed by atoms with van der Waals surface area (Å²) in [5.41, 5.74) is 2.75. The zero-order chi connectivity index (χ0) is 14.1. The van der Waals surface area contributed by atoms with Crippen molar-refractivity contribution in [3.05, 3.63) is 35.4 Å². The number of aryl methyl sites for hydroxylation is 1. The van der Waals surface area contributed by atoms with Gasteiger partial charge in [0.05, 0.1) is 0 Å². The lowest BCUT2D eigenvalue weighted by molar-refractivity contribution is 0.176. The molecule has 1 N–H and O–H groups in total. The lowest BCUT2D eigenvalue weighted by Crippen LogP contribution is -2.32. The number of hydrogen-bond donors (Lipinski definition) is 1. The molecule has 0 bridgehead atoms. The second-order valence-electron chi connectivity index (χ2n) is 5.04. The number of nitrogens with zero attached hydrogens (tertiary/aromatic N) is 1. The van der Waals surface area contributed by atoms with E-state index in [1.54, 1.807) is 7.11 Å². The molecule has 1 aromatic carbocycles. The number of methoxy groups -OCH3 is 1. The first-order valence-electron chi connectivity index (χ1n) is 7.14. The minimum atomic E-state index is 0.387. The molecule has 0 aliphatic rings. The van der Waals surface area contributed by atoms with Crippen LogP contribution in [0.2, 0.25) is 0 Å². The Kier molecular flexibility index (Phi) is 7.72. The van der Waals surface area contributed by atoms with Gasteiger partial charge in [-0.3, -0.25) is 0 Å². The van der Waals surface area contributed by atoms with E-state index in [1.165, 1.54) is 11.1 Å². The van der Waals surface area contributed by atoms with Gasteiger partial charge in [-0.05, 0) is 38.1 Å². The number of nitrogens with one attached hydrogen (secondary N) is 1. The monoisotopic (exact) mass is 264 g/mol. The van der Waals surface area contributed by atoms with Gasteiger partial charge in [0.1, 0.15) is 0 Å². The predicted molar refractivity (Wildman–Crippen MR) is 81.6 cm³/mol. The average Bonchev–Trinajstić information content (AvgIpc) is 2.45. The average molecular weight is 264 g/mol. The van der Waals surface area contributed by atoms with Crippen molar-refractivity contribution in [3.8, 4) is 0 Å². The van der Waals surface area contributed by atoms with Gasteiger partial charge in [-0.25, -0.2) is 0 Å². The molecule has 0 radical (unpaired) electrons. The van der Waals surface area contributed by atoms with Crippen LogP contribution in [-0.2, 0) is 11.2 Å². The van der Waals surface area contributed by atoms with E-state index in [0.29, 0.717) is 6.04 Å². The van der Waals surface area contributed by atoms with E-state index in [4.69, 9.17) is 4.74 Å². The Morgan fingerprint density at radius 1 is 1.26 bits per heavy atom. The zero-order valence-corrected chi connectivity index (χ0v) is 12.8. The van der Waals surface area contributed by atoms with Crippen molar-refractivity contribution >= 4 is 0 Å². The Morgan fingerprint density at radius 3 is 2.47 bits per heavy atom. The fourth-order valence-electron chi connectivity index (χ4n) is 2.23. The highest BCUT2D eigenvalue weighted by molar-refractivity contribution is 5.25. The summed E-state index contributed by atoms with van der Waals surface area (Å²) >= 11 is 0. The molecule has 1 aromatic rings. The van der Waals surface area contributed by atoms with Gasteiger partial charge in [0.2, 0.25) is 0 Å². The van der Waals surface area contributed by atoms with E-state index in [2.05, 4.69) is 48.5 Å². The number of benzene rings is 1. The van der Waals surface area contributed by atoms with Gasteiger partial charge < -0.3 is 15.0 Å². The van der Waals surface area contributed by atoms with Crippen LogP contribution in [0.4, 0.5) is 0 Å². The van der Waals surface area contributed by atoms with Gasteiger partial charge in [0.25, 0.3) is 0 Å². The summed E-state index contributed by atoms with van der Waals surface area (Å²) in [5, 5.41) is 3.40. The zero-order valence-electron chi connectivity index (χ0n) is 12.8. The molecule has 1 atom stereocenters. The summed E-state index contributed by atoms with van der Waals surface area (Å²) in [7, 11) is 5.95. The third kappa shape index (κ3) is 5.72. The normalized spacial score (nSPS) is 12.9. The SMILES string of the molecule is CCc1ccc(C(CN(C)CCCOC)NC)cc1. The fourth-order valence-corrected chi connectivity index (χ4v) is 2.23. The Hall–Kier alpha value is -0.900. The van der Waals surface area contributed by atoms with Crippen LogP contribution in [0.1, 0.15) is 30.5 Å². The summed E-state index contributed by atoms with van der Waals surface area (Å²) < 4.78 is 5.09. The molecule has 19 heavy (non-hydrogen) atoms. The maximum atomic E-state index is 5.09. The smallest absolute Gasteiger partial charge is 0.0474 e. The maximum Gasteiger partial charge on any atom is 0.0474 e. The van der Waals surface area contributed by atoms with Crippen molar-refractivity contribution < 1.29 is 4.74 Å². The van der Waals surface area contributed by atoms with Gasteiger partial charge in [0.15, 0.2) is 0 Å². The van der Waals surface area contributed by atoms with Crippen molar-refractivity contribution in [2.75, 3.05) is 40.9 Å². The van der Waals surface area contributed by atoms with Crippen LogP contribution in [0, 0.1) is 0 Å². The van der Waals surface area contributed by atoms with Crippen LogP contribution in [0.15, 0.2) is 24.3 Å². The third-order valence-electron chi connectivity index (χ3n) is 3.52. The van der Waals surface area contributed by atoms with E-state index < -0.39 is 0 Å². The summed E-state index contributed by atoms with van der Waals surface area (Å²) in [5.74, 6) is 0. The van der Waals surface area contributed by atoms with Gasteiger partial charge in [-0.1, -0.05) is 31.2 Å². The number of likely N-dealkylation sites (N-methyl/N-ethyl adjacent to an activating group) is 2. The fraction of sp³-hybridized carbons (Fsp3) is 0.625. The molecule has 108 valence electrons. The molecule has 0 saturated carbocycles. The molecule has 1 rings (SSSR count). The molecule has 0 spiro atoms. The summed E-state index contributed by atoms with van der Waals surface area (Å²) in [6, 6.07) is 9.32. The van der Waals surface area contributed by atoms with Crippen molar-refractivity contribution in [1.29, 1.82) is 0 Å². The van der Waals surface area contributed by atoms with Crippen LogP contribution in [0.3, 0.4) is 0 Å². The van der Waals surface area contributed by atoms with Crippen LogP contribution >= 0.6 is 0 Å². The maximum absolute atomic E-state index is 5.09. The summed E-state index contributed by atoms with van der Waals surface area (Å²) in [6.45, 7) is 5.11. The number of hydrogen-bond acceptors (Lipinski definition) is 3. The molecule has 0 aliphatic heterocycles. The van der Waals surface area contributed by atoms with Crippen LogP contribution in [0.5, 0.6) is 0 Å². The first-order valence-corrected chi connectivity index (χ1v) is 7.14. The molecule has 0 saturated heterocycles. The highest BCUT2D eigenvalue weighted by Crippen LogP contribution is 2.15. The summed E-state index contributed by atoms with van der Waals surface area (Å²) in [6.07, 6.45) is 2.18. The second kappa shape index (κ2) is 9.08. The molecule has 0 fully saturated rings.